The lowest BCUT2D eigenvalue weighted by atomic mass is 9.97. The molecule has 0 bridgehead atoms. The van der Waals surface area contributed by atoms with E-state index in [9.17, 15) is 0 Å². The van der Waals surface area contributed by atoms with Crippen LogP contribution in [-0.4, -0.2) is 4.98 Å². The minimum absolute atomic E-state index is 0.165. The van der Waals surface area contributed by atoms with Gasteiger partial charge in [0, 0.05) is 27.7 Å². The Morgan fingerprint density at radius 3 is 2.67 bits per heavy atom. The van der Waals surface area contributed by atoms with E-state index in [1.165, 1.54) is 0 Å². The number of benzene rings is 2. The summed E-state index contributed by atoms with van der Waals surface area (Å²) in [6, 6.07) is 15.3. The van der Waals surface area contributed by atoms with Gasteiger partial charge in [0.05, 0.1) is 5.52 Å². The normalized spacial score (nSPS) is 12.5. The van der Waals surface area contributed by atoms with Crippen LogP contribution < -0.4 is 5.73 Å². The molecule has 3 aromatic rings. The van der Waals surface area contributed by atoms with Crippen molar-refractivity contribution in [3.8, 4) is 0 Å². The Morgan fingerprint density at radius 2 is 1.86 bits per heavy atom. The monoisotopic (exact) mass is 316 g/mol. The molecule has 1 heterocycles. The fraction of sp³-hybridized carbons (Fsp3) is 0.118. The molecule has 0 aliphatic rings. The molecular formula is C17H14Cl2N2. The van der Waals surface area contributed by atoms with E-state index in [4.69, 9.17) is 28.9 Å². The molecule has 1 aromatic heterocycles. The Hall–Kier alpha value is -1.61. The Kier molecular flexibility index (Phi) is 4.11. The molecule has 4 heteroatoms. The zero-order valence-corrected chi connectivity index (χ0v) is 12.8. The van der Waals surface area contributed by atoms with Gasteiger partial charge in [0.1, 0.15) is 0 Å². The van der Waals surface area contributed by atoms with Gasteiger partial charge in [-0.15, -0.1) is 0 Å². The van der Waals surface area contributed by atoms with E-state index >= 15 is 0 Å². The second kappa shape index (κ2) is 6.02. The van der Waals surface area contributed by atoms with Crippen LogP contribution in [0.4, 0.5) is 0 Å². The second-order valence-corrected chi connectivity index (χ2v) is 5.81. The summed E-state index contributed by atoms with van der Waals surface area (Å²) in [5.74, 6) is 0. The van der Waals surface area contributed by atoms with Crippen LogP contribution >= 0.6 is 23.2 Å². The van der Waals surface area contributed by atoms with Crippen molar-refractivity contribution in [2.45, 2.75) is 12.5 Å². The van der Waals surface area contributed by atoms with Gasteiger partial charge in [0.25, 0.3) is 0 Å². The number of aromatic nitrogens is 1. The van der Waals surface area contributed by atoms with E-state index in [1.54, 1.807) is 12.3 Å². The largest absolute Gasteiger partial charge is 0.324 e. The van der Waals surface area contributed by atoms with Gasteiger partial charge in [-0.2, -0.15) is 0 Å². The van der Waals surface area contributed by atoms with Crippen molar-refractivity contribution in [1.29, 1.82) is 0 Å². The molecule has 0 saturated carbocycles. The SMILES string of the molecule is NC(Cc1ccc(Cl)cc1Cl)c1cccc2cccnc12. The molecule has 0 amide bonds. The van der Waals surface area contributed by atoms with Crippen molar-refractivity contribution in [2.24, 2.45) is 5.73 Å². The molecule has 3 rings (SSSR count). The third-order valence-electron chi connectivity index (χ3n) is 3.52. The topological polar surface area (TPSA) is 38.9 Å². The first kappa shape index (κ1) is 14.3. The predicted octanol–water partition coefficient (Wildman–Crippen LogP) is 4.78. The van der Waals surface area contributed by atoms with Crippen LogP contribution in [0, 0.1) is 0 Å². The van der Waals surface area contributed by atoms with Crippen molar-refractivity contribution in [3.05, 3.63) is 75.9 Å². The van der Waals surface area contributed by atoms with E-state index < -0.39 is 0 Å². The molecule has 2 aromatic carbocycles. The summed E-state index contributed by atoms with van der Waals surface area (Å²) in [4.78, 5) is 4.45. The highest BCUT2D eigenvalue weighted by Gasteiger charge is 2.13. The smallest absolute Gasteiger partial charge is 0.0749 e. The van der Waals surface area contributed by atoms with Gasteiger partial charge >= 0.3 is 0 Å². The predicted molar refractivity (Wildman–Crippen MR) is 88.8 cm³/mol. The molecular weight excluding hydrogens is 303 g/mol. The number of halogens is 2. The standard InChI is InChI=1S/C17H14Cl2N2/c18-13-7-6-12(15(19)10-13)9-16(20)14-5-1-3-11-4-2-8-21-17(11)14/h1-8,10,16H,9,20H2. The van der Waals surface area contributed by atoms with E-state index in [0.29, 0.717) is 16.5 Å². The van der Waals surface area contributed by atoms with Crippen LogP contribution in [0.2, 0.25) is 10.0 Å². The van der Waals surface area contributed by atoms with Crippen LogP contribution in [0.1, 0.15) is 17.2 Å². The van der Waals surface area contributed by atoms with Crippen molar-refractivity contribution < 1.29 is 0 Å². The number of nitrogens with two attached hydrogens (primary N) is 1. The molecule has 0 saturated heterocycles. The zero-order chi connectivity index (χ0) is 14.8. The second-order valence-electron chi connectivity index (χ2n) is 4.97. The Bertz CT molecular complexity index is 781. The molecule has 0 aliphatic carbocycles. The summed E-state index contributed by atoms with van der Waals surface area (Å²) in [5, 5.41) is 2.36. The Labute approximate surface area is 133 Å². The maximum absolute atomic E-state index is 6.37. The van der Waals surface area contributed by atoms with Crippen LogP contribution in [0.15, 0.2) is 54.7 Å². The van der Waals surface area contributed by atoms with E-state index in [0.717, 1.165) is 22.0 Å². The lowest BCUT2D eigenvalue weighted by Crippen LogP contribution is -2.14. The quantitative estimate of drug-likeness (QED) is 0.755. The molecule has 0 fully saturated rings. The van der Waals surface area contributed by atoms with E-state index in [2.05, 4.69) is 4.98 Å². The molecule has 106 valence electrons. The fourth-order valence-corrected chi connectivity index (χ4v) is 2.95. The molecule has 21 heavy (non-hydrogen) atoms. The van der Waals surface area contributed by atoms with Gasteiger partial charge in [-0.25, -0.2) is 0 Å². The maximum Gasteiger partial charge on any atom is 0.0749 e. The molecule has 0 spiro atoms. The number of pyridine rings is 1. The van der Waals surface area contributed by atoms with Gasteiger partial charge in [0.15, 0.2) is 0 Å². The lowest BCUT2D eigenvalue weighted by Gasteiger charge is -2.15. The Morgan fingerprint density at radius 1 is 1.05 bits per heavy atom. The molecule has 1 unspecified atom stereocenters. The highest BCUT2D eigenvalue weighted by atomic mass is 35.5. The van der Waals surface area contributed by atoms with Gasteiger partial charge < -0.3 is 5.73 Å². The molecule has 2 N–H and O–H groups in total. The Balaban J connectivity index is 1.95. The minimum Gasteiger partial charge on any atom is -0.324 e. The van der Waals surface area contributed by atoms with Crippen LogP contribution in [0.3, 0.4) is 0 Å². The minimum atomic E-state index is -0.165. The summed E-state index contributed by atoms with van der Waals surface area (Å²) >= 11 is 12.1. The number of nitrogens with zero attached hydrogens (tertiary/aromatic N) is 1. The first-order chi connectivity index (χ1) is 10.1. The number of para-hydroxylation sites is 1. The van der Waals surface area contributed by atoms with Crippen LogP contribution in [0.5, 0.6) is 0 Å². The van der Waals surface area contributed by atoms with E-state index in [-0.39, 0.29) is 6.04 Å². The van der Waals surface area contributed by atoms with Crippen molar-refractivity contribution >= 4 is 34.1 Å². The number of hydrogen-bond donors (Lipinski definition) is 1. The fourth-order valence-electron chi connectivity index (χ4n) is 2.46. The third-order valence-corrected chi connectivity index (χ3v) is 4.11. The molecule has 0 aliphatic heterocycles. The highest BCUT2D eigenvalue weighted by Crippen LogP contribution is 2.27. The van der Waals surface area contributed by atoms with Gasteiger partial charge in [-0.05, 0) is 35.7 Å². The average Bonchev–Trinajstić information content (AvgIpc) is 2.49. The summed E-state index contributed by atoms with van der Waals surface area (Å²) in [7, 11) is 0. The number of hydrogen-bond acceptors (Lipinski definition) is 2. The van der Waals surface area contributed by atoms with Crippen molar-refractivity contribution in [3.63, 3.8) is 0 Å². The van der Waals surface area contributed by atoms with Gasteiger partial charge in [-0.3, -0.25) is 4.98 Å². The molecule has 1 atom stereocenters. The summed E-state index contributed by atoms with van der Waals surface area (Å²) in [6.07, 6.45) is 2.43. The first-order valence-electron chi connectivity index (χ1n) is 6.68. The summed E-state index contributed by atoms with van der Waals surface area (Å²) in [5.41, 5.74) is 9.33. The average molecular weight is 317 g/mol. The zero-order valence-electron chi connectivity index (χ0n) is 11.3. The summed E-state index contributed by atoms with van der Waals surface area (Å²) < 4.78 is 0. The highest BCUT2D eigenvalue weighted by molar-refractivity contribution is 6.35. The van der Waals surface area contributed by atoms with Crippen LogP contribution in [0.25, 0.3) is 10.9 Å². The third kappa shape index (κ3) is 3.03. The first-order valence-corrected chi connectivity index (χ1v) is 7.44. The van der Waals surface area contributed by atoms with Crippen LogP contribution in [-0.2, 0) is 6.42 Å². The van der Waals surface area contributed by atoms with Crippen molar-refractivity contribution in [1.82, 2.24) is 4.98 Å². The number of rotatable bonds is 3. The van der Waals surface area contributed by atoms with Crippen molar-refractivity contribution in [2.75, 3.05) is 0 Å². The number of fused-ring (bicyclic) bond motifs is 1. The van der Waals surface area contributed by atoms with Gasteiger partial charge in [-0.1, -0.05) is 53.5 Å². The van der Waals surface area contributed by atoms with Gasteiger partial charge in [0.2, 0.25) is 0 Å². The molecule has 0 radical (unpaired) electrons. The maximum atomic E-state index is 6.37. The molecule has 2 nitrogen and oxygen atoms in total. The summed E-state index contributed by atoms with van der Waals surface area (Å²) in [6.45, 7) is 0. The van der Waals surface area contributed by atoms with E-state index in [1.807, 2.05) is 42.5 Å². The lowest BCUT2D eigenvalue weighted by molar-refractivity contribution is 0.726.